The molecule has 0 bridgehead atoms. The molecule has 0 unspecified atom stereocenters. The summed E-state index contributed by atoms with van der Waals surface area (Å²) in [6, 6.07) is 14.2. The van der Waals surface area contributed by atoms with Crippen molar-refractivity contribution in [3.8, 4) is 5.75 Å². The Morgan fingerprint density at radius 3 is 2.48 bits per heavy atom. The number of halogens is 1. The van der Waals surface area contributed by atoms with E-state index in [0.29, 0.717) is 5.76 Å². The molecule has 152 valence electrons. The third kappa shape index (κ3) is 4.75. The number of rotatable bonds is 8. The minimum Gasteiger partial charge on any atom is -0.495 e. The van der Waals surface area contributed by atoms with Gasteiger partial charge in [-0.25, -0.2) is 12.8 Å². The second-order valence-corrected chi connectivity index (χ2v) is 7.86. The van der Waals surface area contributed by atoms with Gasteiger partial charge in [-0.1, -0.05) is 12.1 Å². The molecule has 0 aliphatic carbocycles. The van der Waals surface area contributed by atoms with Crippen LogP contribution in [0.3, 0.4) is 0 Å². The van der Waals surface area contributed by atoms with Crippen LogP contribution in [0.25, 0.3) is 0 Å². The molecular formula is C20H19FN2O5S. The molecule has 0 radical (unpaired) electrons. The maximum Gasteiger partial charge on any atom is 0.264 e. The van der Waals surface area contributed by atoms with Crippen LogP contribution < -0.4 is 14.4 Å². The van der Waals surface area contributed by atoms with E-state index in [1.54, 1.807) is 30.3 Å². The maximum atomic E-state index is 13.3. The summed E-state index contributed by atoms with van der Waals surface area (Å²) in [6.07, 6.45) is 1.47. The zero-order chi connectivity index (χ0) is 20.9. The van der Waals surface area contributed by atoms with Gasteiger partial charge in [-0.3, -0.25) is 9.10 Å². The van der Waals surface area contributed by atoms with Crippen molar-refractivity contribution < 1.29 is 26.8 Å². The molecule has 2 aromatic carbocycles. The topological polar surface area (TPSA) is 88.8 Å². The van der Waals surface area contributed by atoms with Crippen molar-refractivity contribution in [3.05, 3.63) is 78.5 Å². The fourth-order valence-corrected chi connectivity index (χ4v) is 4.09. The molecule has 29 heavy (non-hydrogen) atoms. The number of nitrogens with one attached hydrogen (secondary N) is 1. The lowest BCUT2D eigenvalue weighted by atomic mass is 10.3. The van der Waals surface area contributed by atoms with Crippen LogP contribution in [-0.4, -0.2) is 28.0 Å². The highest BCUT2D eigenvalue weighted by molar-refractivity contribution is 7.92. The number of hydrogen-bond acceptors (Lipinski definition) is 5. The Hall–Kier alpha value is -3.33. The van der Waals surface area contributed by atoms with Crippen LogP contribution in [0.2, 0.25) is 0 Å². The normalized spacial score (nSPS) is 11.1. The Labute approximate surface area is 167 Å². The molecule has 9 heteroatoms. The van der Waals surface area contributed by atoms with Crippen LogP contribution in [0.15, 0.2) is 76.2 Å². The standard InChI is InChI=1S/C20H19FN2O5S/c1-27-19-7-3-2-6-18(19)23(14-20(24)22-13-16-5-4-12-28-16)29(25,26)17-10-8-15(21)9-11-17/h2-12H,13-14H2,1H3,(H,22,24). The Morgan fingerprint density at radius 1 is 1.10 bits per heavy atom. The van der Waals surface area contributed by atoms with Crippen molar-refractivity contribution in [2.45, 2.75) is 11.4 Å². The van der Waals surface area contributed by atoms with E-state index in [2.05, 4.69) is 5.32 Å². The van der Waals surface area contributed by atoms with Gasteiger partial charge in [-0.05, 0) is 48.5 Å². The van der Waals surface area contributed by atoms with Crippen LogP contribution in [0.4, 0.5) is 10.1 Å². The van der Waals surface area contributed by atoms with Gasteiger partial charge in [-0.2, -0.15) is 0 Å². The van der Waals surface area contributed by atoms with Crippen molar-refractivity contribution in [1.29, 1.82) is 0 Å². The van der Waals surface area contributed by atoms with Crippen LogP contribution in [0, 0.1) is 5.82 Å². The fourth-order valence-electron chi connectivity index (χ4n) is 2.65. The first-order valence-electron chi connectivity index (χ1n) is 8.62. The third-order valence-corrected chi connectivity index (χ3v) is 5.86. The van der Waals surface area contributed by atoms with Crippen LogP contribution >= 0.6 is 0 Å². The molecule has 0 saturated carbocycles. The number of para-hydroxylation sites is 2. The number of amides is 1. The van der Waals surface area contributed by atoms with Gasteiger partial charge in [0, 0.05) is 0 Å². The molecule has 1 N–H and O–H groups in total. The molecule has 1 amide bonds. The first-order chi connectivity index (χ1) is 13.9. The summed E-state index contributed by atoms with van der Waals surface area (Å²) in [5.41, 5.74) is 0.187. The molecule has 3 aromatic rings. The number of carbonyl (C=O) groups excluding carboxylic acids is 1. The lowest BCUT2D eigenvalue weighted by molar-refractivity contribution is -0.119. The fraction of sp³-hybridized carbons (Fsp3) is 0.150. The lowest BCUT2D eigenvalue weighted by Crippen LogP contribution is -2.40. The summed E-state index contributed by atoms with van der Waals surface area (Å²) in [4.78, 5) is 12.3. The minimum absolute atomic E-state index is 0.113. The van der Waals surface area contributed by atoms with Crippen molar-refractivity contribution in [1.82, 2.24) is 5.32 Å². The van der Waals surface area contributed by atoms with E-state index in [9.17, 15) is 17.6 Å². The second-order valence-electron chi connectivity index (χ2n) is 5.99. The predicted molar refractivity (Wildman–Crippen MR) is 104 cm³/mol. The maximum absolute atomic E-state index is 13.3. The molecule has 7 nitrogen and oxygen atoms in total. The Morgan fingerprint density at radius 2 is 1.83 bits per heavy atom. The number of benzene rings is 2. The van der Waals surface area contributed by atoms with Gasteiger partial charge in [0.25, 0.3) is 10.0 Å². The zero-order valence-corrected chi connectivity index (χ0v) is 16.4. The minimum atomic E-state index is -4.17. The molecule has 0 saturated heterocycles. The van der Waals surface area contributed by atoms with Gasteiger partial charge in [0.1, 0.15) is 23.9 Å². The van der Waals surface area contributed by atoms with Gasteiger partial charge >= 0.3 is 0 Å². The largest absolute Gasteiger partial charge is 0.495 e. The molecule has 0 fully saturated rings. The van der Waals surface area contributed by atoms with Crippen molar-refractivity contribution in [2.24, 2.45) is 0 Å². The predicted octanol–water partition coefficient (Wildman–Crippen LogP) is 2.94. The summed E-state index contributed by atoms with van der Waals surface area (Å²) >= 11 is 0. The molecule has 0 atom stereocenters. The SMILES string of the molecule is COc1ccccc1N(CC(=O)NCc1ccco1)S(=O)(=O)c1ccc(F)cc1. The van der Waals surface area contributed by atoms with E-state index in [4.69, 9.17) is 9.15 Å². The number of carbonyl (C=O) groups is 1. The first kappa shape index (κ1) is 20.4. The third-order valence-electron chi connectivity index (χ3n) is 4.08. The molecule has 1 heterocycles. The van der Waals surface area contributed by atoms with Crippen LogP contribution in [0.5, 0.6) is 5.75 Å². The number of ether oxygens (including phenoxy) is 1. The number of nitrogens with zero attached hydrogens (tertiary/aromatic N) is 1. The van der Waals surface area contributed by atoms with Gasteiger partial charge in [0.05, 0.1) is 30.5 Å². The van der Waals surface area contributed by atoms with Gasteiger partial charge < -0.3 is 14.5 Å². The van der Waals surface area contributed by atoms with E-state index in [-0.39, 0.29) is 22.9 Å². The van der Waals surface area contributed by atoms with Gasteiger partial charge in [-0.15, -0.1) is 0 Å². The first-order valence-corrected chi connectivity index (χ1v) is 10.1. The highest BCUT2D eigenvalue weighted by Gasteiger charge is 2.29. The summed E-state index contributed by atoms with van der Waals surface area (Å²) in [6.45, 7) is -0.386. The van der Waals surface area contributed by atoms with Crippen LogP contribution in [-0.2, 0) is 21.4 Å². The molecule has 0 aliphatic heterocycles. The average molecular weight is 418 g/mol. The molecular weight excluding hydrogens is 399 g/mol. The highest BCUT2D eigenvalue weighted by atomic mass is 32.2. The summed E-state index contributed by atoms with van der Waals surface area (Å²) < 4.78 is 51.1. The highest BCUT2D eigenvalue weighted by Crippen LogP contribution is 2.32. The number of sulfonamides is 1. The average Bonchev–Trinajstić information content (AvgIpc) is 3.24. The zero-order valence-electron chi connectivity index (χ0n) is 15.5. The van der Waals surface area contributed by atoms with E-state index < -0.39 is 28.3 Å². The number of methoxy groups -OCH3 is 1. The molecule has 0 aliphatic rings. The summed E-state index contributed by atoms with van der Waals surface area (Å²) in [7, 11) is -2.77. The number of hydrogen-bond donors (Lipinski definition) is 1. The number of furan rings is 1. The van der Waals surface area contributed by atoms with Crippen LogP contribution in [0.1, 0.15) is 5.76 Å². The monoisotopic (exact) mass is 418 g/mol. The second kappa shape index (κ2) is 8.78. The van der Waals surface area contributed by atoms with Gasteiger partial charge in [0.2, 0.25) is 5.91 Å². The molecule has 1 aromatic heterocycles. The Balaban J connectivity index is 1.93. The molecule has 0 spiro atoms. The molecule has 3 rings (SSSR count). The van der Waals surface area contributed by atoms with Gasteiger partial charge in [0.15, 0.2) is 0 Å². The smallest absolute Gasteiger partial charge is 0.264 e. The Kier molecular flexibility index (Phi) is 6.18. The van der Waals surface area contributed by atoms with E-state index in [0.717, 1.165) is 28.6 Å². The van der Waals surface area contributed by atoms with Crippen molar-refractivity contribution in [2.75, 3.05) is 18.0 Å². The lowest BCUT2D eigenvalue weighted by Gasteiger charge is -2.25. The summed E-state index contributed by atoms with van der Waals surface area (Å²) in [5, 5.41) is 2.62. The van der Waals surface area contributed by atoms with Crippen molar-refractivity contribution >= 4 is 21.6 Å². The van der Waals surface area contributed by atoms with E-state index >= 15 is 0 Å². The van der Waals surface area contributed by atoms with E-state index in [1.165, 1.54) is 19.4 Å². The quantitative estimate of drug-likeness (QED) is 0.608. The van der Waals surface area contributed by atoms with Crippen molar-refractivity contribution in [3.63, 3.8) is 0 Å². The van der Waals surface area contributed by atoms with E-state index in [1.807, 2.05) is 0 Å². The number of anilines is 1. The summed E-state index contributed by atoms with van der Waals surface area (Å²) in [5.74, 6) is -0.303. The Bertz CT molecular complexity index is 1070.